The molecule has 0 spiro atoms. The fraction of sp³-hybridized carbons (Fsp3) is 0.333. The second-order valence-corrected chi connectivity index (χ2v) is 8.30. The number of fused-ring (bicyclic) bond motifs is 1. The van der Waals surface area contributed by atoms with E-state index in [0.717, 1.165) is 0 Å². The second kappa shape index (κ2) is 8.14. The Morgan fingerprint density at radius 3 is 2.71 bits per heavy atom. The first kappa shape index (κ1) is 20.7. The molecule has 0 fully saturated rings. The molecule has 1 atom stereocenters. The van der Waals surface area contributed by atoms with E-state index in [9.17, 15) is 9.59 Å². The summed E-state index contributed by atoms with van der Waals surface area (Å²) in [6.07, 6.45) is 1.64. The normalized spacial score (nSPS) is 12.4. The van der Waals surface area contributed by atoms with Crippen molar-refractivity contribution in [1.82, 2.24) is 19.6 Å². The van der Waals surface area contributed by atoms with Crippen LogP contribution in [0.5, 0.6) is 0 Å². The van der Waals surface area contributed by atoms with Crippen molar-refractivity contribution in [1.29, 1.82) is 0 Å². The molecule has 0 radical (unpaired) electrons. The molecule has 0 aromatic carbocycles. The van der Waals surface area contributed by atoms with Gasteiger partial charge in [0.15, 0.2) is 16.6 Å². The van der Waals surface area contributed by atoms with Crippen LogP contribution in [0.3, 0.4) is 0 Å². The van der Waals surface area contributed by atoms with Crippen LogP contribution in [0.25, 0.3) is 5.65 Å². The number of H-pyrrole nitrogens is 1. The number of thioether (sulfide) groups is 1. The van der Waals surface area contributed by atoms with Crippen LogP contribution >= 0.6 is 35.0 Å². The highest BCUT2D eigenvalue weighted by molar-refractivity contribution is 8.00. The number of Topliss-reactive ketones (excluding diaryl/α,β-unsaturated/α-hetero) is 1. The Bertz CT molecular complexity index is 1080. The molecule has 0 unspecified atom stereocenters. The molecule has 3 aromatic rings. The minimum absolute atomic E-state index is 0.161. The number of rotatable bonds is 6. The van der Waals surface area contributed by atoms with Crippen LogP contribution in [0.2, 0.25) is 10.0 Å². The minimum atomic E-state index is -0.489. The van der Waals surface area contributed by atoms with Gasteiger partial charge in [-0.1, -0.05) is 35.0 Å². The van der Waals surface area contributed by atoms with E-state index in [1.54, 1.807) is 44.4 Å². The molecule has 0 saturated carbocycles. The molecule has 7 nitrogen and oxygen atoms in total. The van der Waals surface area contributed by atoms with E-state index in [0.29, 0.717) is 43.4 Å². The summed E-state index contributed by atoms with van der Waals surface area (Å²) in [7, 11) is 0. The number of esters is 1. The van der Waals surface area contributed by atoms with Gasteiger partial charge in [-0.2, -0.15) is 0 Å². The number of nitrogens with one attached hydrogen (secondary N) is 1. The maximum atomic E-state index is 13.0. The van der Waals surface area contributed by atoms with Crippen molar-refractivity contribution in [2.75, 3.05) is 6.61 Å². The Balaban J connectivity index is 1.88. The number of ketones is 1. The summed E-state index contributed by atoms with van der Waals surface area (Å²) in [4.78, 5) is 28.2. The Hall–Kier alpha value is -2.03. The Morgan fingerprint density at radius 2 is 2.04 bits per heavy atom. The van der Waals surface area contributed by atoms with Gasteiger partial charge in [0, 0.05) is 11.9 Å². The Labute approximate surface area is 175 Å². The van der Waals surface area contributed by atoms with Crippen LogP contribution in [0, 0.1) is 13.8 Å². The number of carbonyl (C=O) groups excluding carboxylic acids is 2. The van der Waals surface area contributed by atoms with E-state index in [2.05, 4.69) is 15.2 Å². The SMILES string of the molecule is CCOC(=O)c1c(C)[nH]c(C(=O)[C@H](C)Sc2nnc3c(Cl)cc(Cl)cn23)c1C. The third kappa shape index (κ3) is 3.76. The quantitative estimate of drug-likeness (QED) is 0.344. The predicted octanol–water partition coefficient (Wildman–Crippen LogP) is 4.52. The lowest BCUT2D eigenvalue weighted by Crippen LogP contribution is -2.16. The van der Waals surface area contributed by atoms with Gasteiger partial charge in [-0.15, -0.1) is 10.2 Å². The topological polar surface area (TPSA) is 89.4 Å². The van der Waals surface area contributed by atoms with Gasteiger partial charge < -0.3 is 9.72 Å². The van der Waals surface area contributed by atoms with E-state index >= 15 is 0 Å². The first-order valence-corrected chi connectivity index (χ1v) is 10.1. The highest BCUT2D eigenvalue weighted by Crippen LogP contribution is 2.30. The lowest BCUT2D eigenvalue weighted by molar-refractivity contribution is 0.0525. The van der Waals surface area contributed by atoms with Gasteiger partial charge in [-0.05, 0) is 39.3 Å². The number of halogens is 2. The molecule has 0 aliphatic carbocycles. The average molecular weight is 441 g/mol. The van der Waals surface area contributed by atoms with Crippen LogP contribution in [0.1, 0.15) is 46.0 Å². The summed E-state index contributed by atoms with van der Waals surface area (Å²) in [5.41, 5.74) is 2.41. The van der Waals surface area contributed by atoms with Crippen LogP contribution in [0.4, 0.5) is 0 Å². The number of hydrogen-bond donors (Lipinski definition) is 1. The van der Waals surface area contributed by atoms with Gasteiger partial charge in [0.2, 0.25) is 0 Å². The smallest absolute Gasteiger partial charge is 0.340 e. The highest BCUT2D eigenvalue weighted by atomic mass is 35.5. The Kier molecular flexibility index (Phi) is 6.02. The van der Waals surface area contributed by atoms with Crippen molar-refractivity contribution in [3.05, 3.63) is 44.8 Å². The second-order valence-electron chi connectivity index (χ2n) is 6.15. The van der Waals surface area contributed by atoms with Crippen LogP contribution < -0.4 is 0 Å². The highest BCUT2D eigenvalue weighted by Gasteiger charge is 2.27. The number of carbonyl (C=O) groups is 2. The van der Waals surface area contributed by atoms with Gasteiger partial charge in [-0.3, -0.25) is 9.20 Å². The first-order chi connectivity index (χ1) is 13.2. The van der Waals surface area contributed by atoms with E-state index < -0.39 is 11.2 Å². The Morgan fingerprint density at radius 1 is 1.32 bits per heavy atom. The number of aryl methyl sites for hydroxylation is 1. The number of nitrogens with zero attached hydrogens (tertiary/aromatic N) is 3. The molecule has 3 rings (SSSR count). The third-order valence-electron chi connectivity index (χ3n) is 4.21. The number of aromatic amines is 1. The monoisotopic (exact) mass is 440 g/mol. The van der Waals surface area contributed by atoms with Gasteiger partial charge in [-0.25, -0.2) is 4.79 Å². The molecule has 28 heavy (non-hydrogen) atoms. The van der Waals surface area contributed by atoms with E-state index in [4.69, 9.17) is 27.9 Å². The van der Waals surface area contributed by atoms with E-state index in [-0.39, 0.29) is 12.4 Å². The molecular weight excluding hydrogens is 423 g/mol. The van der Waals surface area contributed by atoms with Crippen molar-refractivity contribution >= 4 is 52.4 Å². The summed E-state index contributed by atoms with van der Waals surface area (Å²) in [6.45, 7) is 7.24. The fourth-order valence-corrected chi connectivity index (χ4v) is 4.29. The number of pyridine rings is 1. The molecule has 1 N–H and O–H groups in total. The summed E-state index contributed by atoms with van der Waals surface area (Å²) < 4.78 is 6.73. The molecule has 3 heterocycles. The molecule has 148 valence electrons. The third-order valence-corrected chi connectivity index (χ3v) is 5.75. The number of ether oxygens (including phenoxy) is 1. The molecule has 10 heteroatoms. The summed E-state index contributed by atoms with van der Waals surface area (Å²) in [6, 6.07) is 1.58. The van der Waals surface area contributed by atoms with Crippen LogP contribution in [0.15, 0.2) is 17.4 Å². The largest absolute Gasteiger partial charge is 0.462 e. The van der Waals surface area contributed by atoms with E-state index in [1.165, 1.54) is 11.8 Å². The average Bonchev–Trinajstić information content (AvgIpc) is 3.15. The molecule has 0 amide bonds. The van der Waals surface area contributed by atoms with Crippen LogP contribution in [-0.4, -0.2) is 43.2 Å². The summed E-state index contributed by atoms with van der Waals surface area (Å²) in [5, 5.41) is 8.97. The fourth-order valence-electron chi connectivity index (χ4n) is 2.90. The molecule has 0 aliphatic heterocycles. The molecule has 0 aliphatic rings. The maximum Gasteiger partial charge on any atom is 0.340 e. The van der Waals surface area contributed by atoms with Gasteiger partial charge in [0.1, 0.15) is 0 Å². The molecule has 0 bridgehead atoms. The van der Waals surface area contributed by atoms with Crippen molar-refractivity contribution in [3.63, 3.8) is 0 Å². The lowest BCUT2D eigenvalue weighted by Gasteiger charge is -2.09. The zero-order valence-electron chi connectivity index (χ0n) is 15.7. The molecule has 0 saturated heterocycles. The molecule has 3 aromatic heterocycles. The van der Waals surface area contributed by atoms with Crippen molar-refractivity contribution in [3.8, 4) is 0 Å². The minimum Gasteiger partial charge on any atom is -0.462 e. The van der Waals surface area contributed by atoms with Gasteiger partial charge >= 0.3 is 5.97 Å². The van der Waals surface area contributed by atoms with Crippen molar-refractivity contribution in [2.24, 2.45) is 0 Å². The predicted molar refractivity (Wildman–Crippen MR) is 109 cm³/mol. The summed E-state index contributed by atoms with van der Waals surface area (Å²) in [5.74, 6) is -0.605. The maximum absolute atomic E-state index is 13.0. The standard InChI is InChI=1S/C18H18Cl2N4O3S/c1-5-27-17(26)13-8(2)14(21-9(13)3)15(25)10(4)28-18-23-22-16-12(20)6-11(19)7-24(16)18/h6-7,10,21H,5H2,1-4H3/t10-/m0/s1. The lowest BCUT2D eigenvalue weighted by atomic mass is 10.1. The van der Waals surface area contributed by atoms with E-state index in [1.807, 2.05) is 0 Å². The zero-order chi connectivity index (χ0) is 20.6. The number of aromatic nitrogens is 4. The van der Waals surface area contributed by atoms with Crippen LogP contribution in [-0.2, 0) is 4.74 Å². The van der Waals surface area contributed by atoms with Crippen molar-refractivity contribution < 1.29 is 14.3 Å². The van der Waals surface area contributed by atoms with Crippen molar-refractivity contribution in [2.45, 2.75) is 38.1 Å². The zero-order valence-corrected chi connectivity index (χ0v) is 18.0. The number of hydrogen-bond acceptors (Lipinski definition) is 6. The van der Waals surface area contributed by atoms with Gasteiger partial charge in [0.05, 0.1) is 33.2 Å². The van der Waals surface area contributed by atoms with Gasteiger partial charge in [0.25, 0.3) is 0 Å². The molecular formula is C18H18Cl2N4O3S. The summed E-state index contributed by atoms with van der Waals surface area (Å²) >= 11 is 13.4. The first-order valence-electron chi connectivity index (χ1n) is 8.51.